The summed E-state index contributed by atoms with van der Waals surface area (Å²) in [5.74, 6) is -2.83. The van der Waals surface area contributed by atoms with Crippen molar-refractivity contribution in [3.63, 3.8) is 0 Å². The van der Waals surface area contributed by atoms with Crippen LogP contribution in [0, 0.1) is 0 Å². The highest BCUT2D eigenvalue weighted by Gasteiger charge is 2.25. The minimum Gasteiger partial charge on any atom is -0.481 e. The fourth-order valence-corrected chi connectivity index (χ4v) is 1.15. The highest BCUT2D eigenvalue weighted by Crippen LogP contribution is 2.08. The minimum atomic E-state index is -1.20. The number of carbonyl (C=O) groups excluding carboxylic acids is 2. The summed E-state index contributed by atoms with van der Waals surface area (Å²) in [6, 6.07) is 0. The molecule has 0 aliphatic heterocycles. The minimum absolute atomic E-state index is 0.126. The summed E-state index contributed by atoms with van der Waals surface area (Å²) < 4.78 is 14.4. The Morgan fingerprint density at radius 3 is 2.42 bits per heavy atom. The molecule has 0 aliphatic carbocycles. The Balaban J connectivity index is 4.53. The van der Waals surface area contributed by atoms with Gasteiger partial charge in [0, 0.05) is 19.1 Å². The van der Waals surface area contributed by atoms with Gasteiger partial charge in [0.2, 0.25) is 6.10 Å². The molecule has 1 atom stereocenters. The van der Waals surface area contributed by atoms with Crippen molar-refractivity contribution in [2.45, 2.75) is 25.9 Å². The highest BCUT2D eigenvalue weighted by molar-refractivity contribution is 5.94. The summed E-state index contributed by atoms with van der Waals surface area (Å²) in [7, 11) is 1.44. The number of rotatable bonds is 9. The van der Waals surface area contributed by atoms with Crippen LogP contribution in [0.1, 0.15) is 19.8 Å². The zero-order valence-electron chi connectivity index (χ0n) is 11.0. The van der Waals surface area contributed by atoms with Gasteiger partial charge in [0.15, 0.2) is 0 Å². The van der Waals surface area contributed by atoms with Crippen molar-refractivity contribution in [3.8, 4) is 0 Å². The van der Waals surface area contributed by atoms with Crippen LogP contribution in [-0.2, 0) is 28.6 Å². The number of carboxylic acids is 1. The van der Waals surface area contributed by atoms with Gasteiger partial charge in [-0.15, -0.1) is 0 Å². The molecule has 0 aromatic carbocycles. The topological polar surface area (TPSA) is 99.1 Å². The van der Waals surface area contributed by atoms with Crippen molar-refractivity contribution in [2.24, 2.45) is 0 Å². The molecule has 0 rings (SSSR count). The van der Waals surface area contributed by atoms with E-state index in [4.69, 9.17) is 19.3 Å². The zero-order valence-corrected chi connectivity index (χ0v) is 11.0. The number of carbonyl (C=O) groups is 3. The first kappa shape index (κ1) is 17.1. The Morgan fingerprint density at radius 2 is 1.95 bits per heavy atom. The number of esters is 2. The van der Waals surface area contributed by atoms with Crippen LogP contribution in [0.2, 0.25) is 0 Å². The molecule has 7 heteroatoms. The third kappa shape index (κ3) is 7.20. The smallest absolute Gasteiger partial charge is 0.347 e. The zero-order chi connectivity index (χ0) is 14.8. The summed E-state index contributed by atoms with van der Waals surface area (Å²) in [4.78, 5) is 33.5. The molecule has 0 aromatic heterocycles. The van der Waals surface area contributed by atoms with E-state index in [2.05, 4.69) is 6.58 Å². The Morgan fingerprint density at radius 1 is 1.32 bits per heavy atom. The van der Waals surface area contributed by atoms with Gasteiger partial charge in [0.05, 0.1) is 19.6 Å². The van der Waals surface area contributed by atoms with Crippen LogP contribution < -0.4 is 0 Å². The summed E-state index contributed by atoms with van der Waals surface area (Å²) in [6.45, 7) is 5.26. The lowest BCUT2D eigenvalue weighted by molar-refractivity contribution is -0.166. The predicted octanol–water partition coefficient (Wildman–Crippen LogP) is 0.529. The SMILES string of the molecule is C=C(CC(=O)O)C(=O)OC(CCOC)C(=O)OCC. The second-order valence-electron chi connectivity index (χ2n) is 3.60. The summed E-state index contributed by atoms with van der Waals surface area (Å²) in [6.07, 6.45) is -1.54. The van der Waals surface area contributed by atoms with E-state index >= 15 is 0 Å². The molecule has 0 bridgehead atoms. The maximum atomic E-state index is 11.5. The number of methoxy groups -OCH3 is 1. The monoisotopic (exact) mass is 274 g/mol. The molecular formula is C12H18O7. The molecule has 1 N–H and O–H groups in total. The molecule has 0 radical (unpaired) electrons. The average molecular weight is 274 g/mol. The molecule has 0 saturated heterocycles. The van der Waals surface area contributed by atoms with Crippen LogP contribution in [-0.4, -0.2) is 49.4 Å². The fraction of sp³-hybridized carbons (Fsp3) is 0.583. The molecule has 1 unspecified atom stereocenters. The molecule has 19 heavy (non-hydrogen) atoms. The van der Waals surface area contributed by atoms with Gasteiger partial charge in [0.1, 0.15) is 0 Å². The Bertz CT molecular complexity index is 348. The van der Waals surface area contributed by atoms with E-state index in [1.54, 1.807) is 6.92 Å². The third-order valence-corrected chi connectivity index (χ3v) is 2.04. The van der Waals surface area contributed by atoms with Gasteiger partial charge in [0.25, 0.3) is 0 Å². The second kappa shape index (κ2) is 9.09. The quantitative estimate of drug-likeness (QED) is 0.483. The first-order chi connectivity index (χ1) is 8.92. The van der Waals surface area contributed by atoms with Crippen LogP contribution in [0.4, 0.5) is 0 Å². The van der Waals surface area contributed by atoms with Crippen molar-refractivity contribution in [1.82, 2.24) is 0 Å². The van der Waals surface area contributed by atoms with E-state index in [0.717, 1.165) is 0 Å². The maximum absolute atomic E-state index is 11.5. The van der Waals surface area contributed by atoms with Crippen molar-refractivity contribution in [3.05, 3.63) is 12.2 Å². The second-order valence-corrected chi connectivity index (χ2v) is 3.60. The van der Waals surface area contributed by atoms with E-state index in [-0.39, 0.29) is 25.2 Å². The van der Waals surface area contributed by atoms with Gasteiger partial charge in [-0.3, -0.25) is 4.79 Å². The van der Waals surface area contributed by atoms with Gasteiger partial charge in [-0.25, -0.2) is 9.59 Å². The largest absolute Gasteiger partial charge is 0.481 e. The number of hydrogen-bond donors (Lipinski definition) is 1. The summed E-state index contributed by atoms with van der Waals surface area (Å²) in [5.41, 5.74) is -0.237. The van der Waals surface area contributed by atoms with Gasteiger partial charge in [-0.1, -0.05) is 6.58 Å². The third-order valence-electron chi connectivity index (χ3n) is 2.04. The van der Waals surface area contributed by atoms with Crippen LogP contribution in [0.25, 0.3) is 0 Å². The first-order valence-corrected chi connectivity index (χ1v) is 5.68. The lowest BCUT2D eigenvalue weighted by Gasteiger charge is -2.16. The van der Waals surface area contributed by atoms with E-state index in [1.807, 2.05) is 0 Å². The Labute approximate surface area is 111 Å². The summed E-state index contributed by atoms with van der Waals surface area (Å²) in [5, 5.41) is 8.52. The molecule has 7 nitrogen and oxygen atoms in total. The molecule has 0 aromatic rings. The van der Waals surface area contributed by atoms with Gasteiger partial charge >= 0.3 is 17.9 Å². The standard InChI is InChI=1S/C12H18O7/c1-4-18-12(16)9(5-6-17-3)19-11(15)8(2)7-10(13)14/h9H,2,4-7H2,1,3H3,(H,13,14). The van der Waals surface area contributed by atoms with Crippen molar-refractivity contribution in [2.75, 3.05) is 20.3 Å². The number of ether oxygens (including phenoxy) is 3. The van der Waals surface area contributed by atoms with Gasteiger partial charge in [-0.2, -0.15) is 0 Å². The normalized spacial score (nSPS) is 11.5. The number of hydrogen-bond acceptors (Lipinski definition) is 6. The fourth-order valence-electron chi connectivity index (χ4n) is 1.15. The van der Waals surface area contributed by atoms with Crippen LogP contribution in [0.3, 0.4) is 0 Å². The van der Waals surface area contributed by atoms with Crippen LogP contribution >= 0.6 is 0 Å². The number of aliphatic carboxylic acids is 1. The van der Waals surface area contributed by atoms with Crippen molar-refractivity contribution >= 4 is 17.9 Å². The van der Waals surface area contributed by atoms with Gasteiger partial charge in [-0.05, 0) is 6.92 Å². The molecule has 0 saturated carbocycles. The van der Waals surface area contributed by atoms with Crippen molar-refractivity contribution in [1.29, 1.82) is 0 Å². The highest BCUT2D eigenvalue weighted by atomic mass is 16.6. The predicted molar refractivity (Wildman–Crippen MR) is 64.4 cm³/mol. The lowest BCUT2D eigenvalue weighted by Crippen LogP contribution is -2.31. The Hall–Kier alpha value is -1.89. The first-order valence-electron chi connectivity index (χ1n) is 5.68. The molecule has 108 valence electrons. The molecule has 0 fully saturated rings. The van der Waals surface area contributed by atoms with E-state index in [1.165, 1.54) is 7.11 Å². The lowest BCUT2D eigenvalue weighted by atomic mass is 10.2. The molecule has 0 spiro atoms. The Kier molecular flexibility index (Phi) is 8.19. The number of carboxylic acid groups (broad SMARTS) is 1. The molecular weight excluding hydrogens is 256 g/mol. The van der Waals surface area contributed by atoms with Gasteiger partial charge < -0.3 is 19.3 Å². The van der Waals surface area contributed by atoms with Crippen LogP contribution in [0.15, 0.2) is 12.2 Å². The van der Waals surface area contributed by atoms with Crippen molar-refractivity contribution < 1.29 is 33.7 Å². The average Bonchev–Trinajstić information content (AvgIpc) is 2.33. The molecule has 0 amide bonds. The maximum Gasteiger partial charge on any atom is 0.347 e. The van der Waals surface area contributed by atoms with E-state index < -0.39 is 30.4 Å². The summed E-state index contributed by atoms with van der Waals surface area (Å²) >= 11 is 0. The van der Waals surface area contributed by atoms with E-state index in [0.29, 0.717) is 0 Å². The van der Waals surface area contributed by atoms with Crippen LogP contribution in [0.5, 0.6) is 0 Å². The molecule has 0 heterocycles. The van der Waals surface area contributed by atoms with E-state index in [9.17, 15) is 14.4 Å². The molecule has 0 aliphatic rings.